The highest BCUT2D eigenvalue weighted by molar-refractivity contribution is 6.41. The normalized spacial score (nSPS) is 10.0. The van der Waals surface area contributed by atoms with Gasteiger partial charge in [-0.2, -0.15) is 0 Å². The Hall–Kier alpha value is -2.53. The van der Waals surface area contributed by atoms with Gasteiger partial charge in [0, 0.05) is 0 Å². The van der Waals surface area contributed by atoms with Gasteiger partial charge in [0.1, 0.15) is 12.4 Å². The van der Waals surface area contributed by atoms with Gasteiger partial charge in [0.25, 0.3) is 0 Å². The van der Waals surface area contributed by atoms with Gasteiger partial charge < -0.3 is 15.4 Å². The molecule has 0 radical (unpaired) electrons. The third-order valence-electron chi connectivity index (χ3n) is 3.01. The van der Waals surface area contributed by atoms with Crippen LogP contribution in [-0.2, 0) is 9.59 Å². The highest BCUT2D eigenvalue weighted by atomic mass is 35.5. The molecule has 2 rings (SSSR count). The van der Waals surface area contributed by atoms with Crippen LogP contribution in [0.25, 0.3) is 0 Å². The van der Waals surface area contributed by atoms with Crippen molar-refractivity contribution in [2.24, 2.45) is 0 Å². The molecule has 2 amide bonds. The average molecular weight is 333 g/mol. The Morgan fingerprint density at radius 1 is 1.04 bits per heavy atom. The summed E-state index contributed by atoms with van der Waals surface area (Å²) in [5.74, 6) is -0.795. The number of rotatable bonds is 5. The molecule has 23 heavy (non-hydrogen) atoms. The molecule has 0 aliphatic heterocycles. The molecule has 0 unspecified atom stereocenters. The quantitative estimate of drug-likeness (QED) is 0.653. The van der Waals surface area contributed by atoms with E-state index >= 15 is 0 Å². The molecule has 0 saturated carbocycles. The fraction of sp³-hybridized carbons (Fsp3) is 0.176. The highest BCUT2D eigenvalue weighted by Crippen LogP contribution is 2.20. The monoisotopic (exact) mass is 332 g/mol. The number of carbonyl (C=O) groups excluding carboxylic acids is 2. The Morgan fingerprint density at radius 2 is 1.74 bits per heavy atom. The first-order valence-electron chi connectivity index (χ1n) is 7.09. The van der Waals surface area contributed by atoms with E-state index in [0.29, 0.717) is 16.5 Å². The highest BCUT2D eigenvalue weighted by Gasteiger charge is 2.14. The Balaban J connectivity index is 1.73. The Bertz CT molecular complexity index is 686. The maximum atomic E-state index is 11.7. The number of ether oxygens (including phenoxy) is 1. The van der Waals surface area contributed by atoms with Crippen molar-refractivity contribution in [3.05, 3.63) is 59.1 Å². The number of aryl methyl sites for hydroxylation is 1. The minimum Gasteiger partial charge on any atom is -0.492 e. The van der Waals surface area contributed by atoms with E-state index in [1.165, 1.54) is 0 Å². The van der Waals surface area contributed by atoms with Crippen molar-refractivity contribution < 1.29 is 14.3 Å². The first-order valence-corrected chi connectivity index (χ1v) is 7.47. The van der Waals surface area contributed by atoms with Gasteiger partial charge in [-0.1, -0.05) is 41.4 Å². The van der Waals surface area contributed by atoms with Crippen molar-refractivity contribution in [2.75, 3.05) is 18.5 Å². The molecule has 0 aromatic heterocycles. The topological polar surface area (TPSA) is 67.4 Å². The third kappa shape index (κ3) is 5.30. The number of hydrogen-bond acceptors (Lipinski definition) is 3. The van der Waals surface area contributed by atoms with Crippen LogP contribution in [0.3, 0.4) is 0 Å². The van der Waals surface area contributed by atoms with Gasteiger partial charge in [0.15, 0.2) is 0 Å². The second-order valence-corrected chi connectivity index (χ2v) is 5.26. The van der Waals surface area contributed by atoms with Gasteiger partial charge in [-0.15, -0.1) is 0 Å². The largest absolute Gasteiger partial charge is 0.492 e. The lowest BCUT2D eigenvalue weighted by atomic mass is 10.2. The second-order valence-electron chi connectivity index (χ2n) is 4.85. The number of hydrogen-bond donors (Lipinski definition) is 2. The van der Waals surface area contributed by atoms with E-state index in [4.69, 9.17) is 16.3 Å². The molecule has 0 heterocycles. The Morgan fingerprint density at radius 3 is 2.43 bits per heavy atom. The van der Waals surface area contributed by atoms with Crippen LogP contribution in [0.2, 0.25) is 5.02 Å². The predicted molar refractivity (Wildman–Crippen MR) is 89.8 cm³/mol. The molecule has 0 saturated heterocycles. The fourth-order valence-electron chi connectivity index (χ4n) is 1.79. The van der Waals surface area contributed by atoms with Crippen LogP contribution in [0.5, 0.6) is 5.75 Å². The molecule has 0 fully saturated rings. The maximum Gasteiger partial charge on any atom is 0.313 e. The fourth-order valence-corrected chi connectivity index (χ4v) is 1.97. The lowest BCUT2D eigenvalue weighted by Crippen LogP contribution is -2.37. The van der Waals surface area contributed by atoms with E-state index in [1.807, 2.05) is 31.2 Å². The Labute approximate surface area is 139 Å². The molecule has 0 aliphatic rings. The van der Waals surface area contributed by atoms with Crippen molar-refractivity contribution in [3.63, 3.8) is 0 Å². The second kappa shape index (κ2) is 8.19. The predicted octanol–water partition coefficient (Wildman–Crippen LogP) is 2.78. The number of amides is 2. The van der Waals surface area contributed by atoms with Crippen LogP contribution in [0, 0.1) is 6.92 Å². The molecular formula is C17H17ClN2O3. The molecule has 0 bridgehead atoms. The lowest BCUT2D eigenvalue weighted by molar-refractivity contribution is -0.136. The van der Waals surface area contributed by atoms with E-state index in [0.717, 1.165) is 5.56 Å². The summed E-state index contributed by atoms with van der Waals surface area (Å²) in [4.78, 5) is 23.4. The summed E-state index contributed by atoms with van der Waals surface area (Å²) >= 11 is 5.91. The molecule has 0 aliphatic carbocycles. The first kappa shape index (κ1) is 16.8. The van der Waals surface area contributed by atoms with E-state index in [9.17, 15) is 9.59 Å². The van der Waals surface area contributed by atoms with Crippen molar-refractivity contribution in [1.29, 1.82) is 0 Å². The zero-order valence-electron chi connectivity index (χ0n) is 12.6. The summed E-state index contributed by atoms with van der Waals surface area (Å²) in [6.45, 7) is 2.48. The molecule has 0 atom stereocenters. The van der Waals surface area contributed by atoms with Crippen LogP contribution in [0.4, 0.5) is 5.69 Å². The molecule has 0 spiro atoms. The van der Waals surface area contributed by atoms with Gasteiger partial charge >= 0.3 is 11.8 Å². The molecule has 120 valence electrons. The third-order valence-corrected chi connectivity index (χ3v) is 3.34. The van der Waals surface area contributed by atoms with Crippen LogP contribution in [0.15, 0.2) is 48.5 Å². The van der Waals surface area contributed by atoms with Crippen molar-refractivity contribution in [3.8, 4) is 5.75 Å². The molecule has 6 heteroatoms. The van der Waals surface area contributed by atoms with Gasteiger partial charge in [0.05, 0.1) is 17.3 Å². The summed E-state index contributed by atoms with van der Waals surface area (Å²) in [5.41, 5.74) is 1.53. The summed E-state index contributed by atoms with van der Waals surface area (Å²) in [7, 11) is 0. The SMILES string of the molecule is Cc1ccc(OCCNC(=O)C(=O)Nc2ccccc2Cl)cc1. The maximum absolute atomic E-state index is 11.7. The zero-order chi connectivity index (χ0) is 16.7. The van der Waals surface area contributed by atoms with E-state index in [2.05, 4.69) is 10.6 Å². The van der Waals surface area contributed by atoms with Crippen LogP contribution in [0.1, 0.15) is 5.56 Å². The van der Waals surface area contributed by atoms with E-state index < -0.39 is 11.8 Å². The van der Waals surface area contributed by atoms with Crippen molar-refractivity contribution >= 4 is 29.1 Å². The number of para-hydroxylation sites is 1. The van der Waals surface area contributed by atoms with Gasteiger partial charge in [-0.3, -0.25) is 9.59 Å². The van der Waals surface area contributed by atoms with E-state index in [1.54, 1.807) is 24.3 Å². The average Bonchev–Trinajstić information content (AvgIpc) is 2.55. The number of anilines is 1. The summed E-state index contributed by atoms with van der Waals surface area (Å²) in [6.07, 6.45) is 0. The van der Waals surface area contributed by atoms with Gasteiger partial charge in [-0.05, 0) is 31.2 Å². The van der Waals surface area contributed by atoms with E-state index in [-0.39, 0.29) is 13.2 Å². The summed E-state index contributed by atoms with van der Waals surface area (Å²) in [6, 6.07) is 14.3. The summed E-state index contributed by atoms with van der Waals surface area (Å²) < 4.78 is 5.46. The van der Waals surface area contributed by atoms with Crippen molar-refractivity contribution in [2.45, 2.75) is 6.92 Å². The molecule has 2 aromatic rings. The Kier molecular flexibility index (Phi) is 6.00. The number of halogens is 1. The lowest BCUT2D eigenvalue weighted by Gasteiger charge is -2.09. The molecule has 5 nitrogen and oxygen atoms in total. The van der Waals surface area contributed by atoms with Crippen LogP contribution < -0.4 is 15.4 Å². The first-order chi connectivity index (χ1) is 11.1. The minimum atomic E-state index is -0.770. The molecule has 2 aromatic carbocycles. The number of carbonyl (C=O) groups is 2. The van der Waals surface area contributed by atoms with Crippen LogP contribution >= 0.6 is 11.6 Å². The standard InChI is InChI=1S/C17H17ClN2O3/c1-12-6-8-13(9-7-12)23-11-10-19-16(21)17(22)20-15-5-3-2-4-14(15)18/h2-9H,10-11H2,1H3,(H,19,21)(H,20,22). The smallest absolute Gasteiger partial charge is 0.313 e. The van der Waals surface area contributed by atoms with Crippen molar-refractivity contribution in [1.82, 2.24) is 5.32 Å². The van der Waals surface area contributed by atoms with Gasteiger partial charge in [-0.25, -0.2) is 0 Å². The van der Waals surface area contributed by atoms with Gasteiger partial charge in [0.2, 0.25) is 0 Å². The number of nitrogens with one attached hydrogen (secondary N) is 2. The zero-order valence-corrected chi connectivity index (χ0v) is 13.4. The summed E-state index contributed by atoms with van der Waals surface area (Å²) in [5, 5.41) is 5.31. The molecular weight excluding hydrogens is 316 g/mol. The molecule has 2 N–H and O–H groups in total. The van der Waals surface area contributed by atoms with Crippen LogP contribution in [-0.4, -0.2) is 25.0 Å². The number of benzene rings is 2. The minimum absolute atomic E-state index is 0.225.